The minimum atomic E-state index is -0.858. The summed E-state index contributed by atoms with van der Waals surface area (Å²) in [7, 11) is 0. The number of rotatable bonds is 9. The molecule has 0 radical (unpaired) electrons. The number of hydrogen-bond donors (Lipinski definition) is 2. The van der Waals surface area contributed by atoms with Crippen molar-refractivity contribution >= 4 is 11.9 Å². The third kappa shape index (κ3) is 9.47. The summed E-state index contributed by atoms with van der Waals surface area (Å²) in [5.41, 5.74) is -0.537. The van der Waals surface area contributed by atoms with E-state index >= 15 is 0 Å². The van der Waals surface area contributed by atoms with E-state index < -0.39 is 17.6 Å². The van der Waals surface area contributed by atoms with E-state index in [4.69, 9.17) is 9.84 Å². The van der Waals surface area contributed by atoms with Crippen LogP contribution in [0.3, 0.4) is 0 Å². The first-order chi connectivity index (χ1) is 8.64. The summed E-state index contributed by atoms with van der Waals surface area (Å²) in [6.07, 6.45) is 0.839. The van der Waals surface area contributed by atoms with Crippen LogP contribution in [-0.4, -0.2) is 35.2 Å². The molecule has 5 heteroatoms. The van der Waals surface area contributed by atoms with Gasteiger partial charge in [0.05, 0.1) is 0 Å². The van der Waals surface area contributed by atoms with Crippen LogP contribution in [0.5, 0.6) is 0 Å². The van der Waals surface area contributed by atoms with Crippen molar-refractivity contribution in [2.45, 2.75) is 65.5 Å². The van der Waals surface area contributed by atoms with E-state index in [2.05, 4.69) is 19.2 Å². The number of aliphatic carboxylic acids is 1. The molecule has 5 nitrogen and oxygen atoms in total. The fourth-order valence-electron chi connectivity index (χ4n) is 1.47. The Hall–Kier alpha value is -1.10. The van der Waals surface area contributed by atoms with Crippen molar-refractivity contribution < 1.29 is 19.4 Å². The van der Waals surface area contributed by atoms with Crippen LogP contribution in [0.15, 0.2) is 0 Å². The minimum absolute atomic E-state index is 0.0376. The maximum atomic E-state index is 11.9. The van der Waals surface area contributed by atoms with E-state index in [0.29, 0.717) is 18.9 Å². The molecule has 19 heavy (non-hydrogen) atoms. The van der Waals surface area contributed by atoms with Crippen molar-refractivity contribution in [1.82, 2.24) is 5.32 Å². The molecule has 0 aliphatic heterocycles. The molecule has 0 saturated heterocycles. The molecule has 0 aromatic carbocycles. The fourth-order valence-corrected chi connectivity index (χ4v) is 1.47. The molecular weight excluding hydrogens is 246 g/mol. The molecule has 0 aromatic heterocycles. The van der Waals surface area contributed by atoms with Gasteiger partial charge in [-0.25, -0.2) is 0 Å². The predicted molar refractivity (Wildman–Crippen MR) is 74.0 cm³/mol. The van der Waals surface area contributed by atoms with Crippen LogP contribution < -0.4 is 5.32 Å². The largest absolute Gasteiger partial charge is 0.481 e. The van der Waals surface area contributed by atoms with Crippen LogP contribution in [0.1, 0.15) is 53.9 Å². The van der Waals surface area contributed by atoms with Gasteiger partial charge in [0, 0.05) is 18.6 Å². The van der Waals surface area contributed by atoms with Crippen LogP contribution in [0.4, 0.5) is 0 Å². The van der Waals surface area contributed by atoms with Crippen LogP contribution in [0.2, 0.25) is 0 Å². The van der Waals surface area contributed by atoms with Gasteiger partial charge in [-0.2, -0.15) is 0 Å². The van der Waals surface area contributed by atoms with Gasteiger partial charge >= 0.3 is 5.97 Å². The summed E-state index contributed by atoms with van der Waals surface area (Å²) in [5.74, 6) is -0.509. The van der Waals surface area contributed by atoms with E-state index in [1.807, 2.05) is 13.8 Å². The molecule has 0 saturated carbocycles. The smallest absolute Gasteiger partial charge is 0.303 e. The maximum Gasteiger partial charge on any atom is 0.303 e. The van der Waals surface area contributed by atoms with Crippen molar-refractivity contribution in [3.8, 4) is 0 Å². The van der Waals surface area contributed by atoms with Gasteiger partial charge < -0.3 is 15.2 Å². The van der Waals surface area contributed by atoms with E-state index in [-0.39, 0.29) is 12.3 Å². The zero-order chi connectivity index (χ0) is 15.1. The Balaban J connectivity index is 4.08. The monoisotopic (exact) mass is 273 g/mol. The minimum Gasteiger partial charge on any atom is -0.481 e. The van der Waals surface area contributed by atoms with Gasteiger partial charge in [0.15, 0.2) is 0 Å². The highest BCUT2D eigenvalue weighted by atomic mass is 16.5. The first kappa shape index (κ1) is 17.9. The van der Waals surface area contributed by atoms with Crippen molar-refractivity contribution in [3.05, 3.63) is 0 Å². The Morgan fingerprint density at radius 2 is 1.84 bits per heavy atom. The van der Waals surface area contributed by atoms with Gasteiger partial charge in [0.1, 0.15) is 6.10 Å². The zero-order valence-corrected chi connectivity index (χ0v) is 12.7. The van der Waals surface area contributed by atoms with Crippen molar-refractivity contribution in [2.24, 2.45) is 5.92 Å². The summed E-state index contributed by atoms with van der Waals surface area (Å²) in [5, 5.41) is 11.5. The molecule has 0 spiro atoms. The summed E-state index contributed by atoms with van der Waals surface area (Å²) in [6, 6.07) is 0. The summed E-state index contributed by atoms with van der Waals surface area (Å²) < 4.78 is 5.46. The van der Waals surface area contributed by atoms with Gasteiger partial charge in [0.25, 0.3) is 0 Å². The number of carboxylic acids is 1. The molecule has 0 aliphatic rings. The molecule has 112 valence electrons. The molecule has 0 bridgehead atoms. The lowest BCUT2D eigenvalue weighted by atomic mass is 9.98. The molecular formula is C14H27NO4. The number of carbonyl (C=O) groups is 2. The van der Waals surface area contributed by atoms with E-state index in [0.717, 1.165) is 6.42 Å². The Morgan fingerprint density at radius 3 is 2.32 bits per heavy atom. The third-order valence-electron chi connectivity index (χ3n) is 2.86. The quantitative estimate of drug-likeness (QED) is 0.675. The summed E-state index contributed by atoms with van der Waals surface area (Å²) in [6.45, 7) is 10.1. The summed E-state index contributed by atoms with van der Waals surface area (Å²) >= 11 is 0. The Labute approximate surface area is 115 Å². The number of carbonyl (C=O) groups excluding carboxylic acids is 1. The van der Waals surface area contributed by atoms with Gasteiger partial charge in [0.2, 0.25) is 5.91 Å². The Morgan fingerprint density at radius 1 is 1.26 bits per heavy atom. The van der Waals surface area contributed by atoms with Gasteiger partial charge in [-0.1, -0.05) is 13.8 Å². The van der Waals surface area contributed by atoms with Crippen LogP contribution >= 0.6 is 0 Å². The molecule has 0 rings (SSSR count). The number of amides is 1. The average Bonchev–Trinajstić information content (AvgIpc) is 2.25. The molecule has 1 unspecified atom stereocenters. The van der Waals surface area contributed by atoms with Crippen LogP contribution in [0, 0.1) is 5.92 Å². The molecule has 1 amide bonds. The van der Waals surface area contributed by atoms with E-state index in [1.54, 1.807) is 6.92 Å². The highest BCUT2D eigenvalue weighted by Crippen LogP contribution is 2.12. The second kappa shape index (κ2) is 8.15. The zero-order valence-electron chi connectivity index (χ0n) is 12.7. The van der Waals surface area contributed by atoms with Crippen molar-refractivity contribution in [3.63, 3.8) is 0 Å². The van der Waals surface area contributed by atoms with E-state index in [1.165, 1.54) is 0 Å². The standard InChI is InChI=1S/C14H27NO4/c1-10(2)7-9-19-11(3)13(18)15-14(4,5)8-6-12(16)17/h10-11H,6-9H2,1-5H3,(H,15,18)(H,16,17). The van der Waals surface area contributed by atoms with Gasteiger partial charge in [-0.3, -0.25) is 9.59 Å². The number of nitrogens with one attached hydrogen (secondary N) is 1. The topological polar surface area (TPSA) is 75.6 Å². The third-order valence-corrected chi connectivity index (χ3v) is 2.86. The van der Waals surface area contributed by atoms with E-state index in [9.17, 15) is 9.59 Å². The van der Waals surface area contributed by atoms with Gasteiger partial charge in [-0.15, -0.1) is 0 Å². The normalized spacial score (nSPS) is 13.4. The second-order valence-electron chi connectivity index (χ2n) is 5.96. The Kier molecular flexibility index (Phi) is 7.68. The lowest BCUT2D eigenvalue weighted by Gasteiger charge is -2.27. The number of hydrogen-bond acceptors (Lipinski definition) is 3. The first-order valence-electron chi connectivity index (χ1n) is 6.79. The molecule has 0 heterocycles. The Bertz CT molecular complexity index is 300. The molecule has 0 fully saturated rings. The lowest BCUT2D eigenvalue weighted by Crippen LogP contribution is -2.48. The second-order valence-corrected chi connectivity index (χ2v) is 5.96. The van der Waals surface area contributed by atoms with Crippen molar-refractivity contribution in [1.29, 1.82) is 0 Å². The highest BCUT2D eigenvalue weighted by molar-refractivity contribution is 5.81. The fraction of sp³-hybridized carbons (Fsp3) is 0.857. The average molecular weight is 273 g/mol. The van der Waals surface area contributed by atoms with Gasteiger partial charge in [-0.05, 0) is 39.5 Å². The SMILES string of the molecule is CC(C)CCOC(C)C(=O)NC(C)(C)CCC(=O)O. The molecule has 0 aliphatic carbocycles. The summed E-state index contributed by atoms with van der Waals surface area (Å²) in [4.78, 5) is 22.4. The molecule has 1 atom stereocenters. The maximum absolute atomic E-state index is 11.9. The predicted octanol–water partition coefficient (Wildman–Crippen LogP) is 2.20. The molecule has 2 N–H and O–H groups in total. The van der Waals surface area contributed by atoms with Crippen LogP contribution in [-0.2, 0) is 14.3 Å². The number of ether oxygens (including phenoxy) is 1. The molecule has 0 aromatic rings. The first-order valence-corrected chi connectivity index (χ1v) is 6.79. The lowest BCUT2D eigenvalue weighted by molar-refractivity contribution is -0.138. The van der Waals surface area contributed by atoms with Crippen molar-refractivity contribution in [2.75, 3.05) is 6.61 Å². The highest BCUT2D eigenvalue weighted by Gasteiger charge is 2.24. The number of carboxylic acid groups (broad SMARTS) is 1. The van der Waals surface area contributed by atoms with Crippen LogP contribution in [0.25, 0.3) is 0 Å².